The zero-order valence-electron chi connectivity index (χ0n) is 12.5. The van der Waals surface area contributed by atoms with Crippen molar-refractivity contribution in [2.75, 3.05) is 25.0 Å². The van der Waals surface area contributed by atoms with Gasteiger partial charge in [-0.2, -0.15) is 0 Å². The van der Waals surface area contributed by atoms with Crippen LogP contribution >= 0.6 is 0 Å². The topological polar surface area (TPSA) is 101 Å². The summed E-state index contributed by atoms with van der Waals surface area (Å²) in [6, 6.07) is 1.16. The molecule has 8 heteroatoms. The monoisotopic (exact) mass is 309 g/mol. The maximum absolute atomic E-state index is 12.1. The fourth-order valence-electron chi connectivity index (χ4n) is 2.39. The molecule has 1 aromatic rings. The molecule has 1 fully saturated rings. The highest BCUT2D eigenvalue weighted by molar-refractivity contribution is 5.93. The van der Waals surface area contributed by atoms with Gasteiger partial charge < -0.3 is 24.6 Å². The van der Waals surface area contributed by atoms with Gasteiger partial charge in [0.2, 0.25) is 0 Å². The van der Waals surface area contributed by atoms with Crippen LogP contribution in [0, 0.1) is 5.92 Å². The van der Waals surface area contributed by atoms with Gasteiger partial charge in [-0.15, -0.1) is 0 Å². The van der Waals surface area contributed by atoms with Gasteiger partial charge in [0.1, 0.15) is 5.69 Å². The summed E-state index contributed by atoms with van der Waals surface area (Å²) < 4.78 is 6.49. The summed E-state index contributed by atoms with van der Waals surface area (Å²) in [5, 5.41) is 11.6. The number of carbonyl (C=O) groups excluding carboxylic acids is 2. The second-order valence-electron chi connectivity index (χ2n) is 5.15. The number of likely N-dealkylation sites (tertiary alicyclic amines) is 1. The van der Waals surface area contributed by atoms with Crippen molar-refractivity contribution >= 4 is 23.7 Å². The average molecular weight is 309 g/mol. The summed E-state index contributed by atoms with van der Waals surface area (Å²) in [4.78, 5) is 36.2. The van der Waals surface area contributed by atoms with Gasteiger partial charge in [0, 0.05) is 26.3 Å². The van der Waals surface area contributed by atoms with E-state index in [1.807, 2.05) is 0 Å². The Kier molecular flexibility index (Phi) is 4.69. The smallest absolute Gasteiger partial charge is 0.355 e. The van der Waals surface area contributed by atoms with Crippen LogP contribution in [0.3, 0.4) is 0 Å². The first kappa shape index (κ1) is 15.9. The highest BCUT2D eigenvalue weighted by Crippen LogP contribution is 2.19. The van der Waals surface area contributed by atoms with Gasteiger partial charge in [-0.3, -0.25) is 4.79 Å². The molecule has 2 amide bonds. The van der Waals surface area contributed by atoms with Crippen molar-refractivity contribution in [3.05, 3.63) is 18.0 Å². The number of aliphatic carboxylic acids is 1. The Balaban J connectivity index is 1.99. The van der Waals surface area contributed by atoms with Gasteiger partial charge in [-0.1, -0.05) is 0 Å². The molecule has 1 aliphatic rings. The van der Waals surface area contributed by atoms with E-state index in [-0.39, 0.29) is 19.2 Å². The van der Waals surface area contributed by atoms with Gasteiger partial charge in [0.25, 0.3) is 0 Å². The molecule has 2 rings (SSSR count). The summed E-state index contributed by atoms with van der Waals surface area (Å²) in [5.74, 6) is -1.87. The number of carboxylic acid groups (broad SMARTS) is 1. The number of carboxylic acids is 1. The molecule has 120 valence electrons. The number of hydrogen-bond acceptors (Lipinski definition) is 4. The van der Waals surface area contributed by atoms with E-state index >= 15 is 0 Å². The summed E-state index contributed by atoms with van der Waals surface area (Å²) >= 11 is 0. The third-order valence-corrected chi connectivity index (χ3v) is 3.57. The number of aromatic nitrogens is 1. The van der Waals surface area contributed by atoms with Crippen molar-refractivity contribution < 1.29 is 24.2 Å². The largest absolute Gasteiger partial charge is 0.481 e. The summed E-state index contributed by atoms with van der Waals surface area (Å²) in [5.41, 5.74) is 0.802. The van der Waals surface area contributed by atoms with Crippen LogP contribution in [-0.4, -0.2) is 52.2 Å². The lowest BCUT2D eigenvalue weighted by molar-refractivity contribution is -0.141. The van der Waals surface area contributed by atoms with Crippen LogP contribution in [-0.2, 0) is 16.6 Å². The molecule has 0 aliphatic carbocycles. The predicted octanol–water partition coefficient (Wildman–Crippen LogP) is 1.14. The van der Waals surface area contributed by atoms with Crippen molar-refractivity contribution in [1.82, 2.24) is 9.47 Å². The lowest BCUT2D eigenvalue weighted by Gasteiger charge is -2.15. The van der Waals surface area contributed by atoms with E-state index in [1.54, 1.807) is 24.7 Å². The van der Waals surface area contributed by atoms with Crippen LogP contribution in [0.1, 0.15) is 23.8 Å². The summed E-state index contributed by atoms with van der Waals surface area (Å²) in [6.45, 7) is 2.59. The molecule has 1 aromatic heterocycles. The SMILES string of the molecule is CCOC(=O)c1cc(NC(=O)N2CCC(C(=O)O)C2)cn1C. The zero-order chi connectivity index (χ0) is 16.3. The second kappa shape index (κ2) is 6.50. The van der Waals surface area contributed by atoms with Crippen molar-refractivity contribution in [2.45, 2.75) is 13.3 Å². The molecular formula is C14H19N3O5. The first-order chi connectivity index (χ1) is 10.4. The molecule has 0 aromatic carbocycles. The average Bonchev–Trinajstić information content (AvgIpc) is 3.06. The predicted molar refractivity (Wildman–Crippen MR) is 77.7 cm³/mol. The minimum absolute atomic E-state index is 0.193. The Labute approximate surface area is 127 Å². The van der Waals surface area contributed by atoms with Crippen molar-refractivity contribution in [3.63, 3.8) is 0 Å². The molecule has 0 bridgehead atoms. The van der Waals surface area contributed by atoms with Gasteiger partial charge in [-0.05, 0) is 19.4 Å². The van der Waals surface area contributed by atoms with E-state index < -0.39 is 17.9 Å². The third kappa shape index (κ3) is 3.38. The molecule has 8 nitrogen and oxygen atoms in total. The van der Waals surface area contributed by atoms with E-state index in [2.05, 4.69) is 5.32 Å². The normalized spacial score (nSPS) is 17.4. The number of rotatable bonds is 4. The fraction of sp³-hybridized carbons (Fsp3) is 0.500. The molecular weight excluding hydrogens is 290 g/mol. The highest BCUT2D eigenvalue weighted by Gasteiger charge is 2.31. The molecule has 1 aliphatic heterocycles. The van der Waals surface area contributed by atoms with Crippen molar-refractivity contribution in [2.24, 2.45) is 13.0 Å². The zero-order valence-corrected chi connectivity index (χ0v) is 12.5. The van der Waals surface area contributed by atoms with E-state index in [9.17, 15) is 14.4 Å². The number of hydrogen-bond donors (Lipinski definition) is 2. The highest BCUT2D eigenvalue weighted by atomic mass is 16.5. The first-order valence-corrected chi connectivity index (χ1v) is 7.04. The van der Waals surface area contributed by atoms with Crippen LogP contribution in [0.15, 0.2) is 12.3 Å². The van der Waals surface area contributed by atoms with Crippen LogP contribution in [0.2, 0.25) is 0 Å². The third-order valence-electron chi connectivity index (χ3n) is 3.57. The second-order valence-corrected chi connectivity index (χ2v) is 5.15. The van der Waals surface area contributed by atoms with Crippen molar-refractivity contribution in [3.8, 4) is 0 Å². The molecule has 22 heavy (non-hydrogen) atoms. The number of anilines is 1. The lowest BCUT2D eigenvalue weighted by atomic mass is 10.1. The number of esters is 1. The minimum atomic E-state index is -0.889. The number of amides is 2. The fourth-order valence-corrected chi connectivity index (χ4v) is 2.39. The summed E-state index contributed by atoms with van der Waals surface area (Å²) in [6.07, 6.45) is 2.06. The molecule has 0 spiro atoms. The maximum Gasteiger partial charge on any atom is 0.355 e. The molecule has 0 saturated carbocycles. The van der Waals surface area contributed by atoms with E-state index in [4.69, 9.17) is 9.84 Å². The molecule has 2 heterocycles. The summed E-state index contributed by atoms with van der Waals surface area (Å²) in [7, 11) is 1.68. The Hall–Kier alpha value is -2.51. The Bertz CT molecular complexity index is 595. The number of nitrogens with zero attached hydrogens (tertiary/aromatic N) is 2. The van der Waals surface area contributed by atoms with Gasteiger partial charge in [-0.25, -0.2) is 9.59 Å². The first-order valence-electron chi connectivity index (χ1n) is 7.04. The Morgan fingerprint density at radius 1 is 1.45 bits per heavy atom. The number of ether oxygens (including phenoxy) is 1. The molecule has 0 radical (unpaired) electrons. The van der Waals surface area contributed by atoms with E-state index in [1.165, 1.54) is 11.0 Å². The lowest BCUT2D eigenvalue weighted by Crippen LogP contribution is -2.33. The molecule has 1 atom stereocenters. The van der Waals surface area contributed by atoms with E-state index in [0.717, 1.165) is 0 Å². The Morgan fingerprint density at radius 2 is 2.18 bits per heavy atom. The number of aryl methyl sites for hydroxylation is 1. The number of nitrogens with one attached hydrogen (secondary N) is 1. The van der Waals surface area contributed by atoms with Crippen LogP contribution in [0.4, 0.5) is 10.5 Å². The number of carbonyl (C=O) groups is 3. The maximum atomic E-state index is 12.1. The minimum Gasteiger partial charge on any atom is -0.481 e. The van der Waals surface area contributed by atoms with Crippen molar-refractivity contribution in [1.29, 1.82) is 0 Å². The molecule has 2 N–H and O–H groups in total. The van der Waals surface area contributed by atoms with Gasteiger partial charge >= 0.3 is 18.0 Å². The molecule has 1 saturated heterocycles. The van der Waals surface area contributed by atoms with Crippen LogP contribution < -0.4 is 5.32 Å². The standard InChI is InChI=1S/C14H19N3O5/c1-3-22-13(20)11-6-10(8-16(11)2)15-14(21)17-5-4-9(7-17)12(18)19/h6,8-9H,3-5,7H2,1-2H3,(H,15,21)(H,18,19). The quantitative estimate of drug-likeness (QED) is 0.812. The van der Waals surface area contributed by atoms with Gasteiger partial charge in [0.15, 0.2) is 0 Å². The van der Waals surface area contributed by atoms with Gasteiger partial charge in [0.05, 0.1) is 18.2 Å². The van der Waals surface area contributed by atoms with Crippen LogP contribution in [0.5, 0.6) is 0 Å². The van der Waals surface area contributed by atoms with E-state index in [0.29, 0.717) is 24.3 Å². The number of urea groups is 1. The molecule has 1 unspecified atom stereocenters. The Morgan fingerprint density at radius 3 is 2.77 bits per heavy atom. The van der Waals surface area contributed by atoms with Crippen LogP contribution in [0.25, 0.3) is 0 Å².